The molecule has 1 aliphatic rings. The summed E-state index contributed by atoms with van der Waals surface area (Å²) in [5.74, 6) is 1.36. The van der Waals surface area contributed by atoms with Crippen molar-refractivity contribution in [2.45, 2.75) is 32.7 Å². The van der Waals surface area contributed by atoms with Gasteiger partial charge in [0.05, 0.1) is 24.9 Å². The normalized spacial score (nSPS) is 15.4. The van der Waals surface area contributed by atoms with Crippen LogP contribution in [-0.2, 0) is 16.0 Å². The maximum absolute atomic E-state index is 12.4. The smallest absolute Gasteiger partial charge is 0.263 e. The zero-order valence-electron chi connectivity index (χ0n) is 16.7. The number of amides is 1. The van der Waals surface area contributed by atoms with E-state index >= 15 is 0 Å². The van der Waals surface area contributed by atoms with Crippen LogP contribution in [0.1, 0.15) is 36.5 Å². The summed E-state index contributed by atoms with van der Waals surface area (Å²) in [5.41, 5.74) is 2.31. The Bertz CT molecular complexity index is 983. The van der Waals surface area contributed by atoms with Gasteiger partial charge in [-0.2, -0.15) is 4.98 Å². The van der Waals surface area contributed by atoms with Crippen molar-refractivity contribution in [2.24, 2.45) is 0 Å². The molecule has 1 fully saturated rings. The first-order valence-electron chi connectivity index (χ1n) is 9.91. The number of nitrogens with one attached hydrogen (secondary N) is 1. The monoisotopic (exact) mass is 395 g/mol. The van der Waals surface area contributed by atoms with E-state index in [-0.39, 0.29) is 11.9 Å². The molecule has 1 aliphatic heterocycles. The highest BCUT2D eigenvalue weighted by Crippen LogP contribution is 2.27. The number of anilines is 1. The first-order chi connectivity index (χ1) is 14.1. The van der Waals surface area contributed by atoms with Crippen LogP contribution in [0.15, 0.2) is 34.9 Å². The van der Waals surface area contributed by atoms with Crippen molar-refractivity contribution >= 4 is 22.8 Å². The third-order valence-corrected chi connectivity index (χ3v) is 5.10. The van der Waals surface area contributed by atoms with E-state index < -0.39 is 0 Å². The van der Waals surface area contributed by atoms with E-state index in [9.17, 15) is 4.79 Å². The Hall–Kier alpha value is -3.00. The Morgan fingerprint density at radius 3 is 2.72 bits per heavy atom. The summed E-state index contributed by atoms with van der Waals surface area (Å²) in [6, 6.07) is 9.85. The lowest BCUT2D eigenvalue weighted by molar-refractivity contribution is -0.121. The summed E-state index contributed by atoms with van der Waals surface area (Å²) in [6.45, 7) is 6.69. The third kappa shape index (κ3) is 4.37. The van der Waals surface area contributed by atoms with E-state index in [4.69, 9.17) is 14.2 Å². The molecule has 1 amide bonds. The second kappa shape index (κ2) is 8.57. The van der Waals surface area contributed by atoms with Gasteiger partial charge >= 0.3 is 0 Å². The molecular weight excluding hydrogens is 370 g/mol. The minimum atomic E-state index is -0.0482. The summed E-state index contributed by atoms with van der Waals surface area (Å²) in [7, 11) is 0. The van der Waals surface area contributed by atoms with Crippen LogP contribution in [-0.4, -0.2) is 47.3 Å². The van der Waals surface area contributed by atoms with E-state index in [0.29, 0.717) is 37.6 Å². The summed E-state index contributed by atoms with van der Waals surface area (Å²) >= 11 is 0. The van der Waals surface area contributed by atoms with E-state index in [1.807, 2.05) is 44.2 Å². The van der Waals surface area contributed by atoms with E-state index in [2.05, 4.69) is 20.4 Å². The van der Waals surface area contributed by atoms with Gasteiger partial charge in [-0.15, -0.1) is 0 Å². The molecule has 3 aromatic rings. The van der Waals surface area contributed by atoms with Gasteiger partial charge in [-0.3, -0.25) is 4.79 Å². The fourth-order valence-corrected chi connectivity index (χ4v) is 3.49. The summed E-state index contributed by atoms with van der Waals surface area (Å²) in [6.07, 6.45) is 0.735. The van der Waals surface area contributed by atoms with Crippen molar-refractivity contribution in [3.05, 3.63) is 47.4 Å². The average molecular weight is 395 g/mol. The van der Waals surface area contributed by atoms with Crippen molar-refractivity contribution in [1.82, 2.24) is 20.4 Å². The molecule has 0 aliphatic carbocycles. The number of nitrogens with zero attached hydrogens (tertiary/aromatic N) is 4. The number of aryl methyl sites for hydroxylation is 2. The van der Waals surface area contributed by atoms with Gasteiger partial charge < -0.3 is 19.5 Å². The van der Waals surface area contributed by atoms with Gasteiger partial charge in [0.25, 0.3) is 5.71 Å². The SMILES string of the molecule is Cc1noc2nc(CCC(=O)NC(C)c3ccccc3)nc(N3CCOCC3)c12. The van der Waals surface area contributed by atoms with Gasteiger partial charge in [-0.05, 0) is 19.4 Å². The Kier molecular flexibility index (Phi) is 5.71. The number of morpholine rings is 1. The maximum atomic E-state index is 12.4. The highest BCUT2D eigenvalue weighted by Gasteiger charge is 2.22. The molecule has 0 saturated carbocycles. The summed E-state index contributed by atoms with van der Waals surface area (Å²) < 4.78 is 10.8. The number of hydrogen-bond donors (Lipinski definition) is 1. The van der Waals surface area contributed by atoms with Crippen molar-refractivity contribution in [3.8, 4) is 0 Å². The Balaban J connectivity index is 1.47. The molecule has 1 N–H and O–H groups in total. The summed E-state index contributed by atoms with van der Waals surface area (Å²) in [5, 5.41) is 7.91. The zero-order valence-corrected chi connectivity index (χ0v) is 16.7. The molecule has 3 heterocycles. The largest absolute Gasteiger partial charge is 0.378 e. The first kappa shape index (κ1) is 19.3. The molecule has 4 rings (SSSR count). The lowest BCUT2D eigenvalue weighted by Gasteiger charge is -2.28. The van der Waals surface area contributed by atoms with Crippen LogP contribution in [0.25, 0.3) is 11.1 Å². The number of aromatic nitrogens is 3. The molecule has 1 unspecified atom stereocenters. The average Bonchev–Trinajstić information content (AvgIpc) is 3.13. The highest BCUT2D eigenvalue weighted by molar-refractivity contribution is 5.88. The lowest BCUT2D eigenvalue weighted by atomic mass is 10.1. The number of hydrogen-bond acceptors (Lipinski definition) is 7. The van der Waals surface area contributed by atoms with E-state index in [0.717, 1.165) is 35.6 Å². The van der Waals surface area contributed by atoms with Crippen LogP contribution in [0.4, 0.5) is 5.82 Å². The fourth-order valence-electron chi connectivity index (χ4n) is 3.49. The molecule has 29 heavy (non-hydrogen) atoms. The van der Waals surface area contributed by atoms with Gasteiger partial charge in [-0.1, -0.05) is 35.5 Å². The van der Waals surface area contributed by atoms with Crippen LogP contribution in [0.3, 0.4) is 0 Å². The van der Waals surface area contributed by atoms with Gasteiger partial charge in [0.2, 0.25) is 5.91 Å². The Morgan fingerprint density at radius 2 is 1.97 bits per heavy atom. The standard InChI is InChI=1S/C21H25N5O3/c1-14(16-6-4-3-5-7-16)22-18(27)9-8-17-23-20(26-10-12-28-13-11-26)19-15(2)25-29-21(19)24-17/h3-7,14H,8-13H2,1-2H3,(H,22,27). The van der Waals surface area contributed by atoms with Crippen molar-refractivity contribution in [3.63, 3.8) is 0 Å². The molecule has 1 saturated heterocycles. The number of rotatable bonds is 6. The van der Waals surface area contributed by atoms with Gasteiger partial charge in [0.1, 0.15) is 17.0 Å². The van der Waals surface area contributed by atoms with Crippen LogP contribution >= 0.6 is 0 Å². The molecule has 8 nitrogen and oxygen atoms in total. The minimum Gasteiger partial charge on any atom is -0.378 e. The van der Waals surface area contributed by atoms with E-state index in [1.54, 1.807) is 0 Å². The Labute approximate surface area is 169 Å². The Morgan fingerprint density at radius 1 is 1.21 bits per heavy atom. The topological polar surface area (TPSA) is 93.4 Å². The number of fused-ring (bicyclic) bond motifs is 1. The quantitative estimate of drug-likeness (QED) is 0.685. The number of carbonyl (C=O) groups is 1. The summed E-state index contributed by atoms with van der Waals surface area (Å²) in [4.78, 5) is 23.8. The van der Waals surface area contributed by atoms with Gasteiger partial charge in [0, 0.05) is 25.9 Å². The lowest BCUT2D eigenvalue weighted by Crippen LogP contribution is -2.37. The molecular formula is C21H25N5O3. The number of ether oxygens (including phenoxy) is 1. The second-order valence-electron chi connectivity index (χ2n) is 7.21. The molecule has 0 bridgehead atoms. The fraction of sp³-hybridized carbons (Fsp3) is 0.429. The molecule has 152 valence electrons. The molecule has 1 aromatic carbocycles. The van der Waals surface area contributed by atoms with Crippen molar-refractivity contribution < 1.29 is 14.1 Å². The number of carbonyl (C=O) groups excluding carboxylic acids is 1. The van der Waals surface area contributed by atoms with Gasteiger partial charge in [-0.25, -0.2) is 4.98 Å². The predicted octanol–water partition coefficient (Wildman–Crippen LogP) is 2.57. The van der Waals surface area contributed by atoms with E-state index in [1.165, 1.54) is 0 Å². The van der Waals surface area contributed by atoms with Crippen LogP contribution in [0.5, 0.6) is 0 Å². The maximum Gasteiger partial charge on any atom is 0.263 e. The minimum absolute atomic E-state index is 0.0354. The molecule has 2 aromatic heterocycles. The third-order valence-electron chi connectivity index (χ3n) is 5.10. The van der Waals surface area contributed by atoms with Crippen molar-refractivity contribution in [2.75, 3.05) is 31.2 Å². The van der Waals surface area contributed by atoms with Crippen LogP contribution < -0.4 is 10.2 Å². The molecule has 0 spiro atoms. The number of benzene rings is 1. The first-order valence-corrected chi connectivity index (χ1v) is 9.91. The van der Waals surface area contributed by atoms with Crippen molar-refractivity contribution in [1.29, 1.82) is 0 Å². The van der Waals surface area contributed by atoms with Gasteiger partial charge in [0.15, 0.2) is 0 Å². The second-order valence-corrected chi connectivity index (χ2v) is 7.21. The molecule has 1 atom stereocenters. The molecule has 0 radical (unpaired) electrons. The molecule has 8 heteroatoms. The zero-order chi connectivity index (χ0) is 20.2. The predicted molar refractivity (Wildman–Crippen MR) is 109 cm³/mol. The van der Waals surface area contributed by atoms with Crippen LogP contribution in [0, 0.1) is 6.92 Å². The highest BCUT2D eigenvalue weighted by atomic mass is 16.5. The van der Waals surface area contributed by atoms with Crippen LogP contribution in [0.2, 0.25) is 0 Å².